The van der Waals surface area contributed by atoms with E-state index in [1.165, 1.54) is 29.3 Å². The van der Waals surface area contributed by atoms with Crippen molar-refractivity contribution in [3.05, 3.63) is 40.4 Å². The van der Waals surface area contributed by atoms with E-state index in [9.17, 15) is 0 Å². The Hall–Kier alpha value is -0.560. The van der Waals surface area contributed by atoms with Crippen LogP contribution >= 0.6 is 15.9 Å². The minimum Gasteiger partial charge on any atom is -0.0773 e. The number of fused-ring (bicyclic) bond motifs is 2. The normalized spacial score (nSPS) is 29.4. The van der Waals surface area contributed by atoms with Gasteiger partial charge in [0.2, 0.25) is 0 Å². The SMILES string of the molecule is Brc1ccc(C2=CC3CCC2C3)cc1. The number of hydrogen-bond acceptors (Lipinski definition) is 0. The monoisotopic (exact) mass is 248 g/mol. The Morgan fingerprint density at radius 1 is 1.07 bits per heavy atom. The lowest BCUT2D eigenvalue weighted by molar-refractivity contribution is 0.695. The zero-order valence-electron chi connectivity index (χ0n) is 8.04. The lowest BCUT2D eigenvalue weighted by Gasteiger charge is -2.13. The molecule has 3 rings (SSSR count). The summed E-state index contributed by atoms with van der Waals surface area (Å²) in [5, 5.41) is 0. The molecule has 0 N–H and O–H groups in total. The molecule has 1 aromatic carbocycles. The van der Waals surface area contributed by atoms with Crippen LogP contribution in [0, 0.1) is 11.8 Å². The zero-order chi connectivity index (χ0) is 9.54. The summed E-state index contributed by atoms with van der Waals surface area (Å²) in [4.78, 5) is 0. The Kier molecular flexibility index (Phi) is 2.01. The van der Waals surface area contributed by atoms with Crippen molar-refractivity contribution >= 4 is 21.5 Å². The molecule has 72 valence electrons. The van der Waals surface area contributed by atoms with Crippen LogP contribution in [0.3, 0.4) is 0 Å². The molecule has 1 fully saturated rings. The van der Waals surface area contributed by atoms with Crippen LogP contribution in [0.5, 0.6) is 0 Å². The third kappa shape index (κ3) is 1.35. The molecule has 2 aliphatic rings. The Morgan fingerprint density at radius 3 is 2.43 bits per heavy atom. The molecule has 0 amide bonds. The Labute approximate surface area is 93.2 Å². The van der Waals surface area contributed by atoms with Crippen molar-refractivity contribution in [3.8, 4) is 0 Å². The minimum absolute atomic E-state index is 0.862. The smallest absolute Gasteiger partial charge is 0.0175 e. The minimum atomic E-state index is 0.862. The van der Waals surface area contributed by atoms with Gasteiger partial charge in [-0.3, -0.25) is 0 Å². The van der Waals surface area contributed by atoms with Crippen LogP contribution in [0.4, 0.5) is 0 Å². The van der Waals surface area contributed by atoms with Gasteiger partial charge in [0.1, 0.15) is 0 Å². The Morgan fingerprint density at radius 2 is 1.86 bits per heavy atom. The summed E-state index contributed by atoms with van der Waals surface area (Å²) in [7, 11) is 0. The molecular formula is C13H13Br. The quantitative estimate of drug-likeness (QED) is 0.697. The van der Waals surface area contributed by atoms with Gasteiger partial charge in [0, 0.05) is 4.47 Å². The van der Waals surface area contributed by atoms with E-state index in [1.807, 2.05) is 0 Å². The first-order valence-corrected chi connectivity index (χ1v) is 6.10. The molecule has 2 unspecified atom stereocenters. The van der Waals surface area contributed by atoms with E-state index in [4.69, 9.17) is 0 Å². The van der Waals surface area contributed by atoms with Gasteiger partial charge < -0.3 is 0 Å². The first-order valence-electron chi connectivity index (χ1n) is 5.30. The Balaban J connectivity index is 1.96. The molecule has 1 heteroatoms. The molecule has 0 radical (unpaired) electrons. The fraction of sp³-hybridized carbons (Fsp3) is 0.385. The first kappa shape index (κ1) is 8.72. The predicted molar refractivity (Wildman–Crippen MR) is 63.0 cm³/mol. The van der Waals surface area contributed by atoms with Gasteiger partial charge in [-0.2, -0.15) is 0 Å². The average Bonchev–Trinajstić information content (AvgIpc) is 2.80. The number of hydrogen-bond donors (Lipinski definition) is 0. The van der Waals surface area contributed by atoms with E-state index in [2.05, 4.69) is 46.3 Å². The second-order valence-electron chi connectivity index (χ2n) is 4.40. The highest BCUT2D eigenvalue weighted by Gasteiger charge is 2.32. The molecular weight excluding hydrogens is 236 g/mol. The highest BCUT2D eigenvalue weighted by molar-refractivity contribution is 9.10. The van der Waals surface area contributed by atoms with Crippen molar-refractivity contribution < 1.29 is 0 Å². The standard InChI is InChI=1S/C13H13Br/c14-12-5-3-10(4-6-12)13-8-9-1-2-11(13)7-9/h3-6,8-9,11H,1-2,7H2. The lowest BCUT2D eigenvalue weighted by atomic mass is 9.92. The third-order valence-electron chi connectivity index (χ3n) is 3.51. The van der Waals surface area contributed by atoms with Crippen molar-refractivity contribution in [2.24, 2.45) is 11.8 Å². The lowest BCUT2D eigenvalue weighted by Crippen LogP contribution is -1.96. The Bertz CT molecular complexity index is 375. The summed E-state index contributed by atoms with van der Waals surface area (Å²) in [5.41, 5.74) is 3.04. The first-order chi connectivity index (χ1) is 6.83. The van der Waals surface area contributed by atoms with Crippen LogP contribution in [-0.4, -0.2) is 0 Å². The number of rotatable bonds is 1. The maximum absolute atomic E-state index is 3.48. The van der Waals surface area contributed by atoms with E-state index < -0.39 is 0 Å². The molecule has 0 aliphatic heterocycles. The third-order valence-corrected chi connectivity index (χ3v) is 4.03. The number of allylic oxidation sites excluding steroid dienone is 2. The summed E-state index contributed by atoms with van der Waals surface area (Å²) < 4.78 is 1.17. The van der Waals surface area contributed by atoms with E-state index in [0.717, 1.165) is 11.8 Å². The topological polar surface area (TPSA) is 0 Å². The molecule has 14 heavy (non-hydrogen) atoms. The molecule has 0 nitrogen and oxygen atoms in total. The van der Waals surface area contributed by atoms with E-state index >= 15 is 0 Å². The largest absolute Gasteiger partial charge is 0.0773 e. The molecule has 0 heterocycles. The van der Waals surface area contributed by atoms with Gasteiger partial charge in [-0.15, -0.1) is 0 Å². The van der Waals surface area contributed by atoms with Crippen LogP contribution in [0.1, 0.15) is 24.8 Å². The van der Waals surface area contributed by atoms with E-state index in [0.29, 0.717) is 0 Å². The molecule has 2 bridgehead atoms. The van der Waals surface area contributed by atoms with Crippen LogP contribution in [0.2, 0.25) is 0 Å². The summed E-state index contributed by atoms with van der Waals surface area (Å²) in [5.74, 6) is 1.75. The van der Waals surface area contributed by atoms with Gasteiger partial charge in [-0.1, -0.05) is 34.1 Å². The molecule has 2 atom stereocenters. The van der Waals surface area contributed by atoms with Crippen LogP contribution < -0.4 is 0 Å². The predicted octanol–water partition coefficient (Wildman–Crippen LogP) is 4.26. The van der Waals surface area contributed by atoms with Gasteiger partial charge in [0.05, 0.1) is 0 Å². The molecule has 0 aromatic heterocycles. The second-order valence-corrected chi connectivity index (χ2v) is 5.31. The summed E-state index contributed by atoms with van der Waals surface area (Å²) >= 11 is 3.48. The number of benzene rings is 1. The zero-order valence-corrected chi connectivity index (χ0v) is 9.63. The summed E-state index contributed by atoms with van der Waals surface area (Å²) in [6.45, 7) is 0. The van der Waals surface area contributed by atoms with Crippen LogP contribution in [0.15, 0.2) is 34.8 Å². The number of halogens is 1. The van der Waals surface area contributed by atoms with Gasteiger partial charge in [0.15, 0.2) is 0 Å². The van der Waals surface area contributed by atoms with Crippen molar-refractivity contribution in [1.29, 1.82) is 0 Å². The van der Waals surface area contributed by atoms with E-state index in [-0.39, 0.29) is 0 Å². The summed E-state index contributed by atoms with van der Waals surface area (Å²) in [6.07, 6.45) is 6.74. The van der Waals surface area contributed by atoms with Gasteiger partial charge in [-0.25, -0.2) is 0 Å². The second kappa shape index (κ2) is 3.23. The molecule has 1 aromatic rings. The van der Waals surface area contributed by atoms with Gasteiger partial charge in [-0.05, 0) is 54.4 Å². The van der Waals surface area contributed by atoms with Crippen molar-refractivity contribution in [3.63, 3.8) is 0 Å². The summed E-state index contributed by atoms with van der Waals surface area (Å²) in [6, 6.07) is 8.75. The molecule has 1 saturated carbocycles. The average molecular weight is 249 g/mol. The highest BCUT2D eigenvalue weighted by Crippen LogP contribution is 2.47. The fourth-order valence-corrected chi connectivity index (χ4v) is 3.08. The molecule has 0 spiro atoms. The highest BCUT2D eigenvalue weighted by atomic mass is 79.9. The van der Waals surface area contributed by atoms with Crippen molar-refractivity contribution in [2.45, 2.75) is 19.3 Å². The maximum Gasteiger partial charge on any atom is 0.0175 e. The van der Waals surface area contributed by atoms with Gasteiger partial charge in [0.25, 0.3) is 0 Å². The van der Waals surface area contributed by atoms with Gasteiger partial charge >= 0.3 is 0 Å². The molecule has 2 aliphatic carbocycles. The molecule has 0 saturated heterocycles. The van der Waals surface area contributed by atoms with Crippen molar-refractivity contribution in [2.75, 3.05) is 0 Å². The van der Waals surface area contributed by atoms with Crippen LogP contribution in [-0.2, 0) is 0 Å². The van der Waals surface area contributed by atoms with Crippen LogP contribution in [0.25, 0.3) is 5.57 Å². The van der Waals surface area contributed by atoms with E-state index in [1.54, 1.807) is 5.57 Å². The fourth-order valence-electron chi connectivity index (χ4n) is 2.81. The van der Waals surface area contributed by atoms with Crippen molar-refractivity contribution in [1.82, 2.24) is 0 Å². The maximum atomic E-state index is 3.48.